The van der Waals surface area contributed by atoms with Crippen LogP contribution in [-0.2, 0) is 0 Å². The monoisotopic (exact) mass is 347 g/mol. The van der Waals surface area contributed by atoms with Crippen LogP contribution in [0.5, 0.6) is 5.75 Å². The smallest absolute Gasteiger partial charge is 0.255 e. The van der Waals surface area contributed by atoms with Crippen LogP contribution >= 0.6 is 15.9 Å². The van der Waals surface area contributed by atoms with Crippen molar-refractivity contribution >= 4 is 27.5 Å². The molecule has 2 rings (SSSR count). The summed E-state index contributed by atoms with van der Waals surface area (Å²) in [4.78, 5) is 12.3. The van der Waals surface area contributed by atoms with E-state index in [1.165, 1.54) is 0 Å². The highest BCUT2D eigenvalue weighted by molar-refractivity contribution is 9.10. The van der Waals surface area contributed by atoms with Crippen LogP contribution in [0.15, 0.2) is 46.9 Å². The molecule has 2 aromatic rings. The van der Waals surface area contributed by atoms with Crippen LogP contribution in [0.4, 0.5) is 5.69 Å². The first kappa shape index (κ1) is 15.6. The molecule has 0 saturated heterocycles. The number of carbonyl (C=O) groups is 1. The Morgan fingerprint density at radius 3 is 2.76 bits per heavy atom. The second-order valence-electron chi connectivity index (χ2n) is 4.74. The number of rotatable bonds is 5. The van der Waals surface area contributed by atoms with Crippen LogP contribution in [0.25, 0.3) is 0 Å². The summed E-state index contributed by atoms with van der Waals surface area (Å²) in [5.74, 6) is 0.641. The highest BCUT2D eigenvalue weighted by Crippen LogP contribution is 2.22. The third kappa shape index (κ3) is 4.08. The highest BCUT2D eigenvalue weighted by atomic mass is 79.9. The molecule has 0 fully saturated rings. The molecule has 0 unspecified atom stereocenters. The summed E-state index contributed by atoms with van der Waals surface area (Å²) >= 11 is 3.44. The molecule has 0 radical (unpaired) electrons. The Hall–Kier alpha value is -1.81. The molecule has 0 aliphatic rings. The van der Waals surface area contributed by atoms with Gasteiger partial charge in [-0.1, -0.05) is 35.0 Å². The van der Waals surface area contributed by atoms with Crippen molar-refractivity contribution in [3.8, 4) is 5.75 Å². The Morgan fingerprint density at radius 1 is 1.24 bits per heavy atom. The van der Waals surface area contributed by atoms with Crippen molar-refractivity contribution < 1.29 is 9.53 Å². The lowest BCUT2D eigenvalue weighted by atomic mass is 10.1. The predicted molar refractivity (Wildman–Crippen MR) is 89.1 cm³/mol. The highest BCUT2D eigenvalue weighted by Gasteiger charge is 2.11. The molecule has 1 amide bonds. The van der Waals surface area contributed by atoms with Gasteiger partial charge in [0.05, 0.1) is 6.61 Å². The average Bonchev–Trinajstić information content (AvgIpc) is 2.48. The molecule has 0 saturated carbocycles. The molecule has 0 aliphatic heterocycles. The largest absolute Gasteiger partial charge is 0.494 e. The van der Waals surface area contributed by atoms with Gasteiger partial charge in [-0.15, -0.1) is 0 Å². The standard InChI is InChI=1S/C17H18BrNO2/c1-3-10-21-14-7-4-6-13(11-14)19-17(20)15-8-5-9-16(18)12(15)2/h4-9,11H,3,10H2,1-2H3,(H,19,20). The van der Waals surface area contributed by atoms with E-state index in [0.717, 1.165) is 27.9 Å². The van der Waals surface area contributed by atoms with E-state index < -0.39 is 0 Å². The first-order valence-corrected chi connectivity index (χ1v) is 7.70. The van der Waals surface area contributed by atoms with Crippen molar-refractivity contribution in [2.45, 2.75) is 20.3 Å². The lowest BCUT2D eigenvalue weighted by molar-refractivity contribution is 0.102. The number of halogens is 1. The minimum Gasteiger partial charge on any atom is -0.494 e. The maximum Gasteiger partial charge on any atom is 0.255 e. The second kappa shape index (κ2) is 7.27. The zero-order valence-corrected chi connectivity index (χ0v) is 13.7. The summed E-state index contributed by atoms with van der Waals surface area (Å²) in [5, 5.41) is 2.90. The van der Waals surface area contributed by atoms with Crippen molar-refractivity contribution in [1.29, 1.82) is 0 Å². The van der Waals surface area contributed by atoms with E-state index in [1.807, 2.05) is 49.4 Å². The Kier molecular flexibility index (Phi) is 5.39. The molecular formula is C17H18BrNO2. The molecule has 0 aromatic heterocycles. The van der Waals surface area contributed by atoms with E-state index in [4.69, 9.17) is 4.74 Å². The molecule has 0 bridgehead atoms. The van der Waals surface area contributed by atoms with Crippen molar-refractivity contribution in [2.75, 3.05) is 11.9 Å². The Labute approximate surface area is 133 Å². The molecule has 110 valence electrons. The SMILES string of the molecule is CCCOc1cccc(NC(=O)c2cccc(Br)c2C)c1. The normalized spacial score (nSPS) is 10.2. The van der Waals surface area contributed by atoms with Gasteiger partial charge in [0.25, 0.3) is 5.91 Å². The number of carbonyl (C=O) groups excluding carboxylic acids is 1. The van der Waals surface area contributed by atoms with E-state index in [0.29, 0.717) is 12.2 Å². The van der Waals surface area contributed by atoms with Gasteiger partial charge in [-0.25, -0.2) is 0 Å². The zero-order valence-electron chi connectivity index (χ0n) is 12.2. The predicted octanol–water partition coefficient (Wildman–Crippen LogP) is 4.80. The van der Waals surface area contributed by atoms with Gasteiger partial charge in [0.15, 0.2) is 0 Å². The first-order chi connectivity index (χ1) is 10.1. The summed E-state index contributed by atoms with van der Waals surface area (Å²) in [6.45, 7) is 4.64. The van der Waals surface area contributed by atoms with E-state index >= 15 is 0 Å². The summed E-state index contributed by atoms with van der Waals surface area (Å²) in [7, 11) is 0. The maximum atomic E-state index is 12.3. The number of nitrogens with one attached hydrogen (secondary N) is 1. The van der Waals surface area contributed by atoms with Crippen molar-refractivity contribution in [2.24, 2.45) is 0 Å². The third-order valence-electron chi connectivity index (χ3n) is 3.08. The van der Waals surface area contributed by atoms with Crippen LogP contribution in [0.1, 0.15) is 29.3 Å². The number of anilines is 1. The summed E-state index contributed by atoms with van der Waals surface area (Å²) < 4.78 is 6.49. The molecule has 2 aromatic carbocycles. The summed E-state index contributed by atoms with van der Waals surface area (Å²) in [6, 6.07) is 13.0. The Bertz CT molecular complexity index is 640. The van der Waals surface area contributed by atoms with Crippen LogP contribution in [0.3, 0.4) is 0 Å². The van der Waals surface area contributed by atoms with Gasteiger partial charge in [0.2, 0.25) is 0 Å². The quantitative estimate of drug-likeness (QED) is 0.843. The number of hydrogen-bond acceptors (Lipinski definition) is 2. The Balaban J connectivity index is 2.14. The van der Waals surface area contributed by atoms with Crippen LogP contribution < -0.4 is 10.1 Å². The van der Waals surface area contributed by atoms with Gasteiger partial charge < -0.3 is 10.1 Å². The summed E-state index contributed by atoms with van der Waals surface area (Å²) in [6.07, 6.45) is 0.952. The Morgan fingerprint density at radius 2 is 2.00 bits per heavy atom. The third-order valence-corrected chi connectivity index (χ3v) is 3.94. The summed E-state index contributed by atoms with van der Waals surface area (Å²) in [5.41, 5.74) is 2.31. The second-order valence-corrected chi connectivity index (χ2v) is 5.60. The van der Waals surface area contributed by atoms with Crippen LogP contribution in [-0.4, -0.2) is 12.5 Å². The number of amides is 1. The fourth-order valence-corrected chi connectivity index (χ4v) is 2.30. The molecule has 0 aliphatic carbocycles. The molecule has 0 atom stereocenters. The minimum absolute atomic E-state index is 0.124. The van der Waals surface area contributed by atoms with Gasteiger partial charge >= 0.3 is 0 Å². The topological polar surface area (TPSA) is 38.3 Å². The lowest BCUT2D eigenvalue weighted by Gasteiger charge is -2.10. The fraction of sp³-hybridized carbons (Fsp3) is 0.235. The molecule has 4 heteroatoms. The van der Waals surface area contributed by atoms with Gasteiger partial charge in [-0.3, -0.25) is 4.79 Å². The number of hydrogen-bond donors (Lipinski definition) is 1. The number of ether oxygens (including phenoxy) is 1. The lowest BCUT2D eigenvalue weighted by Crippen LogP contribution is -2.13. The van der Waals surface area contributed by atoms with E-state index in [9.17, 15) is 4.79 Å². The van der Waals surface area contributed by atoms with Crippen molar-refractivity contribution in [3.63, 3.8) is 0 Å². The molecule has 21 heavy (non-hydrogen) atoms. The van der Waals surface area contributed by atoms with Crippen LogP contribution in [0.2, 0.25) is 0 Å². The average molecular weight is 348 g/mol. The molecule has 0 heterocycles. The minimum atomic E-state index is -0.124. The van der Waals surface area contributed by atoms with Gasteiger partial charge in [0.1, 0.15) is 5.75 Å². The van der Waals surface area contributed by atoms with E-state index in [1.54, 1.807) is 0 Å². The zero-order chi connectivity index (χ0) is 15.2. The molecule has 1 N–H and O–H groups in total. The number of benzene rings is 2. The van der Waals surface area contributed by atoms with Crippen LogP contribution in [0, 0.1) is 6.92 Å². The molecule has 0 spiro atoms. The van der Waals surface area contributed by atoms with E-state index in [2.05, 4.69) is 28.2 Å². The van der Waals surface area contributed by atoms with Gasteiger partial charge in [-0.2, -0.15) is 0 Å². The first-order valence-electron chi connectivity index (χ1n) is 6.91. The van der Waals surface area contributed by atoms with Crippen molar-refractivity contribution in [1.82, 2.24) is 0 Å². The van der Waals surface area contributed by atoms with Crippen molar-refractivity contribution in [3.05, 3.63) is 58.1 Å². The van der Waals surface area contributed by atoms with E-state index in [-0.39, 0.29) is 5.91 Å². The fourth-order valence-electron chi connectivity index (χ4n) is 1.94. The molecular weight excluding hydrogens is 330 g/mol. The maximum absolute atomic E-state index is 12.3. The molecule has 3 nitrogen and oxygen atoms in total. The van der Waals surface area contributed by atoms with Gasteiger partial charge in [0, 0.05) is 21.8 Å². The van der Waals surface area contributed by atoms with Gasteiger partial charge in [-0.05, 0) is 43.2 Å².